The Morgan fingerprint density at radius 2 is 1.93 bits per heavy atom. The molecule has 9 nitrogen and oxygen atoms in total. The molecule has 1 fully saturated rings. The smallest absolute Gasteiger partial charge is 0.271 e. The van der Waals surface area contributed by atoms with E-state index in [0.29, 0.717) is 5.69 Å². The number of carbonyl (C=O) groups excluding carboxylic acids is 1. The highest BCUT2D eigenvalue weighted by atomic mass is 32.2. The third kappa shape index (κ3) is 4.40. The first-order valence-electron chi connectivity index (χ1n) is 8.26. The van der Waals surface area contributed by atoms with Crippen molar-refractivity contribution in [3.63, 3.8) is 0 Å². The summed E-state index contributed by atoms with van der Waals surface area (Å²) in [7, 11) is -3.71. The predicted octanol–water partition coefficient (Wildman–Crippen LogP) is 2.25. The van der Waals surface area contributed by atoms with Gasteiger partial charge in [0.15, 0.2) is 9.84 Å². The Morgan fingerprint density at radius 3 is 2.48 bits per heavy atom. The van der Waals surface area contributed by atoms with Crippen LogP contribution in [-0.4, -0.2) is 43.6 Å². The number of nitro benzene ring substituents is 1. The number of amides is 1. The molecule has 0 saturated carbocycles. The van der Waals surface area contributed by atoms with E-state index in [9.17, 15) is 23.3 Å². The van der Waals surface area contributed by atoms with E-state index in [4.69, 9.17) is 0 Å². The standard InChI is InChI=1S/C17H18N4O5S/c1-27(25,26)15-9-12(8-14(10-15)21(23)24)17(22)19-13-4-5-16(18-11-13)20-6-2-3-7-20/h4-5,8-11H,2-3,6-7H2,1H3,(H,19,22). The lowest BCUT2D eigenvalue weighted by molar-refractivity contribution is -0.385. The summed E-state index contributed by atoms with van der Waals surface area (Å²) in [6, 6.07) is 6.56. The Labute approximate surface area is 156 Å². The highest BCUT2D eigenvalue weighted by Gasteiger charge is 2.19. The van der Waals surface area contributed by atoms with E-state index in [1.165, 1.54) is 6.20 Å². The van der Waals surface area contributed by atoms with Crippen molar-refractivity contribution in [2.24, 2.45) is 0 Å². The first kappa shape index (κ1) is 18.8. The molecule has 1 saturated heterocycles. The van der Waals surface area contributed by atoms with Gasteiger partial charge in [0, 0.05) is 37.0 Å². The van der Waals surface area contributed by atoms with Gasteiger partial charge in [0.1, 0.15) is 5.82 Å². The largest absolute Gasteiger partial charge is 0.357 e. The number of anilines is 2. The molecule has 0 radical (unpaired) electrons. The maximum Gasteiger partial charge on any atom is 0.271 e. The molecule has 1 aromatic heterocycles. The van der Waals surface area contributed by atoms with Gasteiger partial charge in [0.25, 0.3) is 11.6 Å². The van der Waals surface area contributed by atoms with Gasteiger partial charge in [-0.2, -0.15) is 0 Å². The zero-order valence-corrected chi connectivity index (χ0v) is 15.4. The maximum atomic E-state index is 12.4. The minimum Gasteiger partial charge on any atom is -0.357 e. The third-order valence-corrected chi connectivity index (χ3v) is 5.32. The Balaban J connectivity index is 1.83. The first-order chi connectivity index (χ1) is 12.7. The summed E-state index contributed by atoms with van der Waals surface area (Å²) < 4.78 is 23.5. The van der Waals surface area contributed by atoms with E-state index in [0.717, 1.165) is 56.2 Å². The Kier molecular flexibility index (Phi) is 5.08. The molecule has 142 valence electrons. The van der Waals surface area contributed by atoms with Gasteiger partial charge in [-0.3, -0.25) is 14.9 Å². The van der Waals surface area contributed by atoms with Gasteiger partial charge in [0.05, 0.1) is 21.7 Å². The first-order valence-corrected chi connectivity index (χ1v) is 10.1. The average Bonchev–Trinajstić information content (AvgIpc) is 3.16. The minimum atomic E-state index is -3.71. The molecule has 0 aliphatic carbocycles. The number of benzene rings is 1. The molecule has 0 atom stereocenters. The van der Waals surface area contributed by atoms with Crippen molar-refractivity contribution in [1.82, 2.24) is 4.98 Å². The molecule has 1 amide bonds. The van der Waals surface area contributed by atoms with Crippen LogP contribution in [0.1, 0.15) is 23.2 Å². The number of hydrogen-bond donors (Lipinski definition) is 1. The number of sulfone groups is 1. The van der Waals surface area contributed by atoms with Gasteiger partial charge in [-0.25, -0.2) is 13.4 Å². The summed E-state index contributed by atoms with van der Waals surface area (Å²) in [6.07, 6.45) is 4.67. The van der Waals surface area contributed by atoms with Crippen molar-refractivity contribution >= 4 is 32.9 Å². The molecule has 3 rings (SSSR count). The van der Waals surface area contributed by atoms with Crippen LogP contribution in [-0.2, 0) is 9.84 Å². The van der Waals surface area contributed by atoms with E-state index in [2.05, 4.69) is 15.2 Å². The number of hydrogen-bond acceptors (Lipinski definition) is 7. The number of nitrogens with zero attached hydrogens (tertiary/aromatic N) is 3. The van der Waals surface area contributed by atoms with E-state index in [-0.39, 0.29) is 10.5 Å². The second-order valence-corrected chi connectivity index (χ2v) is 8.31. The van der Waals surface area contributed by atoms with Crippen molar-refractivity contribution in [3.05, 3.63) is 52.2 Å². The van der Waals surface area contributed by atoms with Gasteiger partial charge >= 0.3 is 0 Å². The lowest BCUT2D eigenvalue weighted by Crippen LogP contribution is -2.19. The minimum absolute atomic E-state index is 0.117. The molecule has 0 unspecified atom stereocenters. The monoisotopic (exact) mass is 390 g/mol. The fourth-order valence-corrected chi connectivity index (χ4v) is 3.51. The Hall–Kier alpha value is -3.01. The number of non-ortho nitro benzene ring substituents is 1. The predicted molar refractivity (Wildman–Crippen MR) is 99.8 cm³/mol. The quantitative estimate of drug-likeness (QED) is 0.613. The maximum absolute atomic E-state index is 12.4. The van der Waals surface area contributed by atoms with Crippen LogP contribution in [0.4, 0.5) is 17.2 Å². The van der Waals surface area contributed by atoms with Gasteiger partial charge in [-0.05, 0) is 31.0 Å². The number of carbonyl (C=O) groups is 1. The van der Waals surface area contributed by atoms with Crippen molar-refractivity contribution in [3.8, 4) is 0 Å². The molecule has 1 aliphatic rings. The second kappa shape index (κ2) is 7.31. The summed E-state index contributed by atoms with van der Waals surface area (Å²) in [4.78, 5) is 28.9. The van der Waals surface area contributed by atoms with E-state index in [1.54, 1.807) is 12.1 Å². The molecule has 0 bridgehead atoms. The van der Waals surface area contributed by atoms with Crippen LogP contribution in [0.3, 0.4) is 0 Å². The van der Waals surface area contributed by atoms with Crippen LogP contribution in [0.15, 0.2) is 41.4 Å². The van der Waals surface area contributed by atoms with Crippen LogP contribution >= 0.6 is 0 Å². The number of pyridine rings is 1. The summed E-state index contributed by atoms with van der Waals surface area (Å²) in [5.41, 5.74) is -0.172. The molecule has 2 aromatic rings. The Bertz CT molecular complexity index is 983. The number of nitrogens with one attached hydrogen (secondary N) is 1. The zero-order chi connectivity index (χ0) is 19.6. The molecule has 2 heterocycles. The molecule has 1 aromatic carbocycles. The second-order valence-electron chi connectivity index (χ2n) is 6.30. The highest BCUT2D eigenvalue weighted by Crippen LogP contribution is 2.23. The fourth-order valence-electron chi connectivity index (χ4n) is 2.83. The number of aromatic nitrogens is 1. The summed E-state index contributed by atoms with van der Waals surface area (Å²) >= 11 is 0. The fraction of sp³-hybridized carbons (Fsp3) is 0.294. The van der Waals surface area contributed by atoms with Crippen LogP contribution < -0.4 is 10.2 Å². The highest BCUT2D eigenvalue weighted by molar-refractivity contribution is 7.90. The summed E-state index contributed by atoms with van der Waals surface area (Å²) in [6.45, 7) is 1.89. The molecule has 10 heteroatoms. The van der Waals surface area contributed by atoms with Crippen molar-refractivity contribution in [2.45, 2.75) is 17.7 Å². The van der Waals surface area contributed by atoms with E-state index < -0.39 is 26.4 Å². The average molecular weight is 390 g/mol. The lowest BCUT2D eigenvalue weighted by atomic mass is 10.2. The lowest BCUT2D eigenvalue weighted by Gasteiger charge is -2.16. The molecule has 27 heavy (non-hydrogen) atoms. The number of rotatable bonds is 5. The summed E-state index contributed by atoms with van der Waals surface area (Å²) in [5.74, 6) is 0.166. The third-order valence-electron chi connectivity index (χ3n) is 4.23. The molecule has 1 N–H and O–H groups in total. The van der Waals surface area contributed by atoms with Gasteiger partial charge in [-0.15, -0.1) is 0 Å². The van der Waals surface area contributed by atoms with E-state index in [1.807, 2.05) is 0 Å². The molecular formula is C17H18N4O5S. The zero-order valence-electron chi connectivity index (χ0n) is 14.6. The van der Waals surface area contributed by atoms with Crippen LogP contribution in [0.5, 0.6) is 0 Å². The normalized spacial score (nSPS) is 14.2. The van der Waals surface area contributed by atoms with Crippen molar-refractivity contribution in [2.75, 3.05) is 29.6 Å². The Morgan fingerprint density at radius 1 is 1.22 bits per heavy atom. The number of nitro groups is 1. The van der Waals surface area contributed by atoms with Crippen LogP contribution in [0, 0.1) is 10.1 Å². The van der Waals surface area contributed by atoms with Gasteiger partial charge in [-0.1, -0.05) is 0 Å². The molecule has 1 aliphatic heterocycles. The molecule has 0 spiro atoms. The SMILES string of the molecule is CS(=O)(=O)c1cc(C(=O)Nc2ccc(N3CCCC3)nc2)cc([N+](=O)[O-])c1. The summed E-state index contributed by atoms with van der Waals surface area (Å²) in [5, 5.41) is 13.6. The van der Waals surface area contributed by atoms with Crippen LogP contribution in [0.2, 0.25) is 0 Å². The van der Waals surface area contributed by atoms with E-state index >= 15 is 0 Å². The van der Waals surface area contributed by atoms with Crippen molar-refractivity contribution < 1.29 is 18.1 Å². The van der Waals surface area contributed by atoms with Crippen molar-refractivity contribution in [1.29, 1.82) is 0 Å². The van der Waals surface area contributed by atoms with Crippen LogP contribution in [0.25, 0.3) is 0 Å². The van der Waals surface area contributed by atoms with Gasteiger partial charge in [0.2, 0.25) is 0 Å². The van der Waals surface area contributed by atoms with Gasteiger partial charge < -0.3 is 10.2 Å². The topological polar surface area (TPSA) is 123 Å². The molecular weight excluding hydrogens is 372 g/mol.